The SMILES string of the molecule is CC(C)S(=O)(=O)c1ccc(CC(=O)N=c2sc3cc4c(cc3n2C)OCCO4)cc1. The average molecular weight is 447 g/mol. The van der Waals surface area contributed by atoms with Crippen LogP contribution >= 0.6 is 11.3 Å². The van der Waals surface area contributed by atoms with Crippen molar-refractivity contribution in [1.82, 2.24) is 4.57 Å². The average Bonchev–Trinajstić information content (AvgIpc) is 3.01. The first-order valence-corrected chi connectivity index (χ1v) is 11.9. The Morgan fingerprint density at radius 2 is 1.77 bits per heavy atom. The molecular formula is C21H22N2O5S2. The van der Waals surface area contributed by atoms with Gasteiger partial charge in [0, 0.05) is 19.2 Å². The number of carbonyl (C=O) groups excluding carboxylic acids is 1. The number of hydrogen-bond acceptors (Lipinski definition) is 6. The summed E-state index contributed by atoms with van der Waals surface area (Å²) in [6.07, 6.45) is 0.0962. The Kier molecular flexibility index (Phi) is 5.42. The third-order valence-corrected chi connectivity index (χ3v) is 8.19. The second-order valence-electron chi connectivity index (χ2n) is 7.33. The van der Waals surface area contributed by atoms with Crippen LogP contribution < -0.4 is 14.3 Å². The lowest BCUT2D eigenvalue weighted by Crippen LogP contribution is -2.16. The van der Waals surface area contributed by atoms with Crippen LogP contribution in [0.15, 0.2) is 46.3 Å². The summed E-state index contributed by atoms with van der Waals surface area (Å²) in [5.74, 6) is 1.09. The number of aryl methyl sites for hydroxylation is 1. The lowest BCUT2D eigenvalue weighted by Gasteiger charge is -2.18. The van der Waals surface area contributed by atoms with Crippen molar-refractivity contribution in [3.63, 3.8) is 0 Å². The number of nitrogens with zero attached hydrogens (tertiary/aromatic N) is 2. The summed E-state index contributed by atoms with van der Waals surface area (Å²) in [5, 5.41) is -0.491. The van der Waals surface area contributed by atoms with Crippen molar-refractivity contribution in [3.8, 4) is 11.5 Å². The highest BCUT2D eigenvalue weighted by atomic mass is 32.2. The van der Waals surface area contributed by atoms with E-state index in [0.717, 1.165) is 10.2 Å². The van der Waals surface area contributed by atoms with Crippen molar-refractivity contribution >= 4 is 37.3 Å². The van der Waals surface area contributed by atoms with Gasteiger partial charge in [-0.25, -0.2) is 8.42 Å². The Morgan fingerprint density at radius 1 is 1.13 bits per heavy atom. The highest BCUT2D eigenvalue weighted by Gasteiger charge is 2.19. The lowest BCUT2D eigenvalue weighted by molar-refractivity contribution is -0.117. The Balaban J connectivity index is 1.59. The van der Waals surface area contributed by atoms with Crippen molar-refractivity contribution in [1.29, 1.82) is 0 Å². The van der Waals surface area contributed by atoms with Crippen molar-refractivity contribution in [2.24, 2.45) is 12.0 Å². The van der Waals surface area contributed by atoms with Crippen LogP contribution in [0.3, 0.4) is 0 Å². The van der Waals surface area contributed by atoms with Crippen molar-refractivity contribution in [2.75, 3.05) is 13.2 Å². The molecule has 4 rings (SSSR count). The molecule has 2 heterocycles. The molecule has 3 aromatic rings. The number of fused-ring (bicyclic) bond motifs is 2. The van der Waals surface area contributed by atoms with Crippen molar-refractivity contribution < 1.29 is 22.7 Å². The molecule has 0 aliphatic carbocycles. The Morgan fingerprint density at radius 3 is 2.40 bits per heavy atom. The molecule has 1 amide bonds. The van der Waals surface area contributed by atoms with Gasteiger partial charge in [-0.2, -0.15) is 4.99 Å². The van der Waals surface area contributed by atoms with E-state index in [0.29, 0.717) is 35.1 Å². The van der Waals surface area contributed by atoms with E-state index in [2.05, 4.69) is 4.99 Å². The van der Waals surface area contributed by atoms with Crippen LogP contribution in [0.1, 0.15) is 19.4 Å². The van der Waals surface area contributed by atoms with E-state index < -0.39 is 15.1 Å². The van der Waals surface area contributed by atoms with Gasteiger partial charge in [0.1, 0.15) is 13.2 Å². The van der Waals surface area contributed by atoms with E-state index in [9.17, 15) is 13.2 Å². The van der Waals surface area contributed by atoms with E-state index in [1.807, 2.05) is 23.7 Å². The van der Waals surface area contributed by atoms with Crippen LogP contribution in [0.4, 0.5) is 0 Å². The highest BCUT2D eigenvalue weighted by molar-refractivity contribution is 7.92. The molecule has 0 spiro atoms. The van der Waals surface area contributed by atoms with Crippen molar-refractivity contribution in [2.45, 2.75) is 30.4 Å². The Hall–Kier alpha value is -2.65. The molecule has 1 aromatic heterocycles. The first kappa shape index (κ1) is 20.6. The quantitative estimate of drug-likeness (QED) is 0.615. The number of aromatic nitrogens is 1. The summed E-state index contributed by atoms with van der Waals surface area (Å²) in [7, 11) is -1.47. The molecule has 9 heteroatoms. The van der Waals surface area contributed by atoms with Gasteiger partial charge in [-0.1, -0.05) is 23.5 Å². The summed E-state index contributed by atoms with van der Waals surface area (Å²) in [6.45, 7) is 4.32. The molecule has 0 N–H and O–H groups in total. The number of amides is 1. The second kappa shape index (κ2) is 7.88. The third-order valence-electron chi connectivity index (χ3n) is 4.92. The minimum Gasteiger partial charge on any atom is -0.486 e. The molecule has 7 nitrogen and oxygen atoms in total. The van der Waals surface area contributed by atoms with Crippen LogP contribution in [0.2, 0.25) is 0 Å². The summed E-state index contributed by atoms with van der Waals surface area (Å²) < 4.78 is 38.5. The van der Waals surface area contributed by atoms with Gasteiger partial charge in [-0.3, -0.25) is 4.79 Å². The zero-order valence-electron chi connectivity index (χ0n) is 16.9. The van der Waals surface area contributed by atoms with Gasteiger partial charge in [0.2, 0.25) is 0 Å². The van der Waals surface area contributed by atoms with Crippen LogP contribution in [-0.2, 0) is 28.1 Å². The maximum absolute atomic E-state index is 12.5. The molecule has 1 aliphatic heterocycles. The molecule has 0 atom stereocenters. The van der Waals surface area contributed by atoms with Crippen molar-refractivity contribution in [3.05, 3.63) is 46.8 Å². The molecule has 0 unspecified atom stereocenters. The number of thiazole rings is 1. The zero-order chi connectivity index (χ0) is 21.5. The Labute approximate surface area is 178 Å². The fraction of sp³-hybridized carbons (Fsp3) is 0.333. The zero-order valence-corrected chi connectivity index (χ0v) is 18.5. The molecular weight excluding hydrogens is 424 g/mol. The lowest BCUT2D eigenvalue weighted by atomic mass is 10.1. The standard InChI is InChI=1S/C21H22N2O5S2/c1-13(2)30(25,26)15-6-4-14(5-7-15)10-20(24)22-21-23(3)16-11-17-18(12-19(16)29-21)28-9-8-27-17/h4-7,11-13H,8-10H2,1-3H3. The molecule has 0 saturated carbocycles. The predicted octanol–water partition coefficient (Wildman–Crippen LogP) is 2.86. The molecule has 2 aromatic carbocycles. The van der Waals surface area contributed by atoms with E-state index in [4.69, 9.17) is 9.47 Å². The monoisotopic (exact) mass is 446 g/mol. The summed E-state index contributed by atoms with van der Waals surface area (Å²) in [4.78, 5) is 17.6. The van der Waals surface area contributed by atoms with Gasteiger partial charge in [-0.05, 0) is 31.5 Å². The fourth-order valence-electron chi connectivity index (χ4n) is 3.16. The van der Waals surface area contributed by atoms with Crippen LogP contribution in [0.5, 0.6) is 11.5 Å². The molecule has 158 valence electrons. The van der Waals surface area contributed by atoms with Crippen LogP contribution in [0, 0.1) is 0 Å². The largest absolute Gasteiger partial charge is 0.486 e. The smallest absolute Gasteiger partial charge is 0.252 e. The van der Waals surface area contributed by atoms with Gasteiger partial charge in [0.05, 0.1) is 26.8 Å². The number of hydrogen-bond donors (Lipinski definition) is 0. The van der Waals surface area contributed by atoms with Gasteiger partial charge in [0.25, 0.3) is 5.91 Å². The molecule has 0 bridgehead atoms. The molecule has 0 saturated heterocycles. The van der Waals surface area contributed by atoms with Crippen LogP contribution in [0.25, 0.3) is 10.2 Å². The van der Waals surface area contributed by atoms with Gasteiger partial charge < -0.3 is 14.0 Å². The minimum atomic E-state index is -3.33. The molecule has 1 aliphatic rings. The molecule has 30 heavy (non-hydrogen) atoms. The van der Waals surface area contributed by atoms with Gasteiger partial charge >= 0.3 is 0 Å². The number of sulfone groups is 1. The maximum atomic E-state index is 12.5. The second-order valence-corrected chi connectivity index (χ2v) is 10.8. The first-order valence-electron chi connectivity index (χ1n) is 9.55. The maximum Gasteiger partial charge on any atom is 0.252 e. The highest BCUT2D eigenvalue weighted by Crippen LogP contribution is 2.35. The number of ether oxygens (including phenoxy) is 2. The normalized spacial score (nSPS) is 14.5. The summed E-state index contributed by atoms with van der Waals surface area (Å²) >= 11 is 1.41. The summed E-state index contributed by atoms with van der Waals surface area (Å²) in [5.41, 5.74) is 1.63. The third kappa shape index (κ3) is 3.87. The van der Waals surface area contributed by atoms with Gasteiger partial charge in [0.15, 0.2) is 26.1 Å². The predicted molar refractivity (Wildman–Crippen MR) is 115 cm³/mol. The van der Waals surface area contributed by atoms with Gasteiger partial charge in [-0.15, -0.1) is 0 Å². The van der Waals surface area contributed by atoms with Crippen LogP contribution in [-0.4, -0.2) is 37.4 Å². The number of carbonyl (C=O) groups is 1. The minimum absolute atomic E-state index is 0.0962. The first-order chi connectivity index (χ1) is 14.3. The fourth-order valence-corrected chi connectivity index (χ4v) is 5.27. The van der Waals surface area contributed by atoms with E-state index in [-0.39, 0.29) is 17.2 Å². The molecule has 0 radical (unpaired) electrons. The number of rotatable bonds is 4. The van der Waals surface area contributed by atoms with E-state index >= 15 is 0 Å². The summed E-state index contributed by atoms with van der Waals surface area (Å²) in [6, 6.07) is 10.2. The van der Waals surface area contributed by atoms with E-state index in [1.165, 1.54) is 11.3 Å². The molecule has 0 fully saturated rings. The van der Waals surface area contributed by atoms with E-state index in [1.54, 1.807) is 38.1 Å². The number of benzene rings is 2. The Bertz CT molecular complexity index is 1290. The topological polar surface area (TPSA) is 87.0 Å².